The first-order valence-electron chi connectivity index (χ1n) is 5.11. The molecule has 0 fully saturated rings. The van der Waals surface area contributed by atoms with Crippen LogP contribution in [-0.4, -0.2) is 0 Å². The Kier molecular flexibility index (Phi) is 4.31. The van der Waals surface area contributed by atoms with Crippen molar-refractivity contribution in [1.82, 2.24) is 0 Å². The summed E-state index contributed by atoms with van der Waals surface area (Å²) in [7, 11) is 0. The maximum atomic E-state index is 2.31. The zero-order valence-corrected chi connectivity index (χ0v) is 8.59. The monoisotopic (exact) mass is 174 g/mol. The predicted molar refractivity (Wildman–Crippen MR) is 59.6 cm³/mol. The molecule has 0 aliphatic carbocycles. The van der Waals surface area contributed by atoms with Crippen LogP contribution in [0.3, 0.4) is 0 Å². The van der Waals surface area contributed by atoms with Crippen LogP contribution in [-0.2, 0) is 0 Å². The van der Waals surface area contributed by atoms with Crippen LogP contribution in [0.1, 0.15) is 38.7 Å². The van der Waals surface area contributed by atoms with E-state index in [1.165, 1.54) is 24.8 Å². The van der Waals surface area contributed by atoms with Crippen LogP contribution >= 0.6 is 0 Å². The second-order valence-corrected chi connectivity index (χ2v) is 3.32. The van der Waals surface area contributed by atoms with E-state index in [4.69, 9.17) is 0 Å². The lowest BCUT2D eigenvalue weighted by Crippen LogP contribution is -1.80. The maximum absolute atomic E-state index is 2.31. The fourth-order valence-corrected chi connectivity index (χ4v) is 1.46. The third kappa shape index (κ3) is 3.45. The van der Waals surface area contributed by atoms with Gasteiger partial charge in [0.05, 0.1) is 0 Å². The molecule has 1 rings (SSSR count). The van der Waals surface area contributed by atoms with E-state index in [1.807, 2.05) is 0 Å². The molecule has 70 valence electrons. The first-order chi connectivity index (χ1) is 6.36. The van der Waals surface area contributed by atoms with E-state index in [9.17, 15) is 0 Å². The lowest BCUT2D eigenvalue weighted by molar-refractivity contribution is 0.866. The van der Waals surface area contributed by atoms with Gasteiger partial charge in [-0.05, 0) is 18.4 Å². The minimum atomic E-state index is 1.17. The molecule has 0 aliphatic rings. The first kappa shape index (κ1) is 10.0. The number of rotatable bonds is 4. The van der Waals surface area contributed by atoms with Crippen molar-refractivity contribution < 1.29 is 0 Å². The fraction of sp³-hybridized carbons (Fsp3) is 0.385. The average molecular weight is 174 g/mol. The van der Waals surface area contributed by atoms with Crippen molar-refractivity contribution in [3.05, 3.63) is 41.5 Å². The molecule has 13 heavy (non-hydrogen) atoms. The quantitative estimate of drug-likeness (QED) is 0.639. The van der Waals surface area contributed by atoms with E-state index in [0.717, 1.165) is 0 Å². The van der Waals surface area contributed by atoms with Gasteiger partial charge >= 0.3 is 0 Å². The van der Waals surface area contributed by atoms with Crippen molar-refractivity contribution in [2.45, 2.75) is 33.1 Å². The Morgan fingerprint density at radius 3 is 2.38 bits per heavy atom. The summed E-state index contributed by atoms with van der Waals surface area (Å²) in [5.41, 5.74) is 2.88. The summed E-state index contributed by atoms with van der Waals surface area (Å²) in [5, 5.41) is 0. The van der Waals surface area contributed by atoms with Gasteiger partial charge in [-0.3, -0.25) is 0 Å². The predicted octanol–water partition coefficient (Wildman–Crippen LogP) is 4.28. The van der Waals surface area contributed by atoms with Crippen molar-refractivity contribution >= 4 is 6.08 Å². The normalized spacial score (nSPS) is 11.7. The molecule has 0 atom stereocenters. The smallest absolute Gasteiger partial charge is 0.0257 e. The average Bonchev–Trinajstić information content (AvgIpc) is 2.19. The molecular formula is C13H18. The molecule has 0 radical (unpaired) electrons. The minimum absolute atomic E-state index is 1.17. The van der Waals surface area contributed by atoms with Crippen LogP contribution in [0, 0.1) is 0 Å². The van der Waals surface area contributed by atoms with Crippen LogP contribution in [0.15, 0.2) is 35.9 Å². The van der Waals surface area contributed by atoms with E-state index in [-0.39, 0.29) is 0 Å². The molecule has 0 aliphatic heterocycles. The van der Waals surface area contributed by atoms with Gasteiger partial charge in [-0.1, -0.05) is 62.2 Å². The Morgan fingerprint density at radius 1 is 1.15 bits per heavy atom. The third-order valence-corrected chi connectivity index (χ3v) is 2.20. The molecule has 0 unspecified atom stereocenters. The zero-order valence-electron chi connectivity index (χ0n) is 8.59. The second kappa shape index (κ2) is 5.58. The van der Waals surface area contributed by atoms with Crippen LogP contribution < -0.4 is 0 Å². The number of hydrogen-bond acceptors (Lipinski definition) is 0. The molecule has 1 aromatic carbocycles. The highest BCUT2D eigenvalue weighted by Crippen LogP contribution is 2.14. The van der Waals surface area contributed by atoms with Gasteiger partial charge in [-0.15, -0.1) is 0 Å². The van der Waals surface area contributed by atoms with Gasteiger partial charge < -0.3 is 0 Å². The Labute approximate surface area is 81.3 Å². The lowest BCUT2D eigenvalue weighted by Gasteiger charge is -2.01. The summed E-state index contributed by atoms with van der Waals surface area (Å²) in [4.78, 5) is 0. The zero-order chi connectivity index (χ0) is 9.52. The number of allylic oxidation sites excluding steroid dienone is 1. The van der Waals surface area contributed by atoms with Crippen molar-refractivity contribution in [3.63, 3.8) is 0 Å². The van der Waals surface area contributed by atoms with Crippen molar-refractivity contribution in [2.24, 2.45) is 0 Å². The van der Waals surface area contributed by atoms with Crippen LogP contribution in [0.5, 0.6) is 0 Å². The van der Waals surface area contributed by atoms with Crippen molar-refractivity contribution in [3.8, 4) is 0 Å². The van der Waals surface area contributed by atoms with Crippen LogP contribution in [0.4, 0.5) is 0 Å². The maximum Gasteiger partial charge on any atom is -0.0257 e. The Morgan fingerprint density at radius 2 is 1.85 bits per heavy atom. The molecule has 0 heterocycles. The highest BCUT2D eigenvalue weighted by molar-refractivity contribution is 5.52. The molecule has 0 nitrogen and oxygen atoms in total. The standard InChI is InChI=1S/C13H18/c1-3-8-12(4-2)11-13-9-6-5-7-10-13/h5-7,9-11H,3-4,8H2,1-2H3. The van der Waals surface area contributed by atoms with Gasteiger partial charge in [0.25, 0.3) is 0 Å². The van der Waals surface area contributed by atoms with Gasteiger partial charge in [0.1, 0.15) is 0 Å². The van der Waals surface area contributed by atoms with Crippen molar-refractivity contribution in [2.75, 3.05) is 0 Å². The Balaban J connectivity index is 2.73. The summed E-state index contributed by atoms with van der Waals surface area (Å²) in [5.74, 6) is 0. The highest BCUT2D eigenvalue weighted by atomic mass is 14.0. The van der Waals surface area contributed by atoms with Gasteiger partial charge in [0, 0.05) is 0 Å². The summed E-state index contributed by atoms with van der Waals surface area (Å²) in [6.45, 7) is 4.46. The Hall–Kier alpha value is -1.04. The molecule has 1 aromatic rings. The van der Waals surface area contributed by atoms with Crippen LogP contribution in [0.25, 0.3) is 6.08 Å². The number of benzene rings is 1. The van der Waals surface area contributed by atoms with Crippen LogP contribution in [0.2, 0.25) is 0 Å². The number of hydrogen-bond donors (Lipinski definition) is 0. The van der Waals surface area contributed by atoms with Gasteiger partial charge in [-0.25, -0.2) is 0 Å². The van der Waals surface area contributed by atoms with E-state index < -0.39 is 0 Å². The largest absolute Gasteiger partial charge is 0.0699 e. The van der Waals surface area contributed by atoms with E-state index in [2.05, 4.69) is 50.3 Å². The molecule has 0 amide bonds. The summed E-state index contributed by atoms with van der Waals surface area (Å²) in [6.07, 6.45) is 5.95. The molecule has 0 saturated carbocycles. The molecular weight excluding hydrogens is 156 g/mol. The second-order valence-electron chi connectivity index (χ2n) is 3.32. The van der Waals surface area contributed by atoms with E-state index >= 15 is 0 Å². The summed E-state index contributed by atoms with van der Waals surface area (Å²) in [6, 6.07) is 10.6. The third-order valence-electron chi connectivity index (χ3n) is 2.20. The molecule has 0 heteroatoms. The first-order valence-corrected chi connectivity index (χ1v) is 5.11. The molecule has 0 aromatic heterocycles. The summed E-state index contributed by atoms with van der Waals surface area (Å²) >= 11 is 0. The molecule has 0 N–H and O–H groups in total. The van der Waals surface area contributed by atoms with Gasteiger partial charge in [0.15, 0.2) is 0 Å². The highest BCUT2D eigenvalue weighted by Gasteiger charge is 1.92. The van der Waals surface area contributed by atoms with E-state index in [1.54, 1.807) is 5.57 Å². The molecule has 0 saturated heterocycles. The van der Waals surface area contributed by atoms with Gasteiger partial charge in [0.2, 0.25) is 0 Å². The fourth-order valence-electron chi connectivity index (χ4n) is 1.46. The SMILES string of the molecule is CCCC(=Cc1ccccc1)CC. The van der Waals surface area contributed by atoms with Crippen molar-refractivity contribution in [1.29, 1.82) is 0 Å². The topological polar surface area (TPSA) is 0 Å². The van der Waals surface area contributed by atoms with Gasteiger partial charge in [-0.2, -0.15) is 0 Å². The molecule has 0 spiro atoms. The Bertz CT molecular complexity index is 257. The molecule has 0 bridgehead atoms. The lowest BCUT2D eigenvalue weighted by atomic mass is 10.0. The summed E-state index contributed by atoms with van der Waals surface area (Å²) < 4.78 is 0. The minimum Gasteiger partial charge on any atom is -0.0699 e. The van der Waals surface area contributed by atoms with E-state index in [0.29, 0.717) is 0 Å².